The van der Waals surface area contributed by atoms with Crippen molar-refractivity contribution in [2.75, 3.05) is 7.05 Å². The molecule has 342 valence electrons. The number of nitrogens with zero attached hydrogens (tertiary/aromatic N) is 7. The van der Waals surface area contributed by atoms with Crippen LogP contribution in [0.5, 0.6) is 0 Å². The molecule has 0 amide bonds. The van der Waals surface area contributed by atoms with Gasteiger partial charge >= 0.3 is 0 Å². The number of aromatic nitrogens is 3. The Morgan fingerprint density at radius 3 is 1.69 bits per heavy atom. The zero-order valence-corrected chi connectivity index (χ0v) is 39.9. The Morgan fingerprint density at radius 1 is 0.507 bits per heavy atom. The molecule has 2 heterocycles. The Kier molecular flexibility index (Phi) is 11.9. The number of amidine groups is 2. The van der Waals surface area contributed by atoms with Gasteiger partial charge in [0.1, 0.15) is 5.84 Å². The second-order valence-electron chi connectivity index (χ2n) is 18.7. The minimum absolute atomic E-state index is 0.100. The van der Waals surface area contributed by atoms with Gasteiger partial charge in [-0.25, -0.2) is 24.9 Å². The van der Waals surface area contributed by atoms with Crippen LogP contribution in [0.4, 0.5) is 0 Å². The molecule has 0 N–H and O–H groups in total. The van der Waals surface area contributed by atoms with E-state index in [4.69, 9.17) is 24.9 Å². The predicted octanol–water partition coefficient (Wildman–Crippen LogP) is 14.1. The van der Waals surface area contributed by atoms with Crippen molar-refractivity contribution < 1.29 is 0 Å². The highest BCUT2D eigenvalue weighted by Crippen LogP contribution is 2.49. The van der Waals surface area contributed by atoms with Crippen LogP contribution >= 0.6 is 0 Å². The first-order valence-corrected chi connectivity index (χ1v) is 24.1. The number of nitriles is 1. The molecule has 5 unspecified atom stereocenters. The Balaban J connectivity index is 1.02. The van der Waals surface area contributed by atoms with Gasteiger partial charge in [0.05, 0.1) is 12.0 Å². The van der Waals surface area contributed by atoms with Gasteiger partial charge in [-0.15, -0.1) is 0 Å². The molecule has 5 atom stereocenters. The van der Waals surface area contributed by atoms with Crippen LogP contribution in [0.25, 0.3) is 50.9 Å². The Bertz CT molecular complexity index is 3500. The zero-order valence-electron chi connectivity index (χ0n) is 39.9. The summed E-state index contributed by atoms with van der Waals surface area (Å²) in [5.41, 5.74) is 9.43. The van der Waals surface area contributed by atoms with Gasteiger partial charge in [-0.3, -0.25) is 0 Å². The van der Waals surface area contributed by atoms with Crippen LogP contribution < -0.4 is 0 Å². The second kappa shape index (κ2) is 18.9. The normalized spacial score (nSPS) is 21.5. The molecule has 0 saturated carbocycles. The molecule has 1 aromatic heterocycles. The molecule has 0 fully saturated rings. The van der Waals surface area contributed by atoms with Gasteiger partial charge in [-0.1, -0.05) is 251 Å². The molecule has 0 bridgehead atoms. The minimum Gasteiger partial charge on any atom is -0.337 e. The van der Waals surface area contributed by atoms with E-state index in [1.165, 1.54) is 5.56 Å². The van der Waals surface area contributed by atoms with Crippen LogP contribution in [0.15, 0.2) is 247 Å². The molecule has 0 spiro atoms. The molecule has 3 aliphatic rings. The smallest absolute Gasteiger partial charge is 0.164 e. The molecular formula is C64H51N7. The van der Waals surface area contributed by atoms with Gasteiger partial charge in [-0.2, -0.15) is 5.26 Å². The standard InChI is InChI=1S/C64H51N7/c1-63(47-31-14-7-15-32-47)41-23-22-40-55(63)62-70-58(46-29-12-6-13-30-46)69-61(71(62)3)53-37-20-21-39-54(53)64(2)42-24-38-50(56(64)43-65)49-34-17-19-36-52(49)60-67-57(45-27-10-5-11-28-45)66-59(68-60)51-35-18-16-33-48(51)44-25-8-4-9-26-44/h4-42,55-56,61H,1-3H3. The first-order chi connectivity index (χ1) is 34.8. The van der Waals surface area contributed by atoms with E-state index in [-0.39, 0.29) is 11.3 Å². The second-order valence-corrected chi connectivity index (χ2v) is 18.7. The summed E-state index contributed by atoms with van der Waals surface area (Å²) in [6.45, 7) is 4.48. The lowest BCUT2D eigenvalue weighted by molar-refractivity contribution is 0.342. The molecule has 2 aliphatic carbocycles. The van der Waals surface area contributed by atoms with E-state index < -0.39 is 17.5 Å². The molecule has 7 heteroatoms. The average molecular weight is 918 g/mol. The van der Waals surface area contributed by atoms with Crippen molar-refractivity contribution >= 4 is 17.2 Å². The predicted molar refractivity (Wildman–Crippen MR) is 288 cm³/mol. The highest BCUT2D eigenvalue weighted by Gasteiger charge is 2.45. The van der Waals surface area contributed by atoms with Crippen molar-refractivity contribution in [3.05, 3.63) is 264 Å². The Morgan fingerprint density at radius 2 is 1.03 bits per heavy atom. The van der Waals surface area contributed by atoms with Gasteiger partial charge in [0.2, 0.25) is 0 Å². The molecule has 1 aliphatic heterocycles. The highest BCUT2D eigenvalue weighted by atomic mass is 15.3. The van der Waals surface area contributed by atoms with E-state index in [1.807, 2.05) is 91.0 Å². The molecule has 11 rings (SSSR count). The van der Waals surface area contributed by atoms with Gasteiger partial charge in [0, 0.05) is 51.6 Å². The molecule has 0 radical (unpaired) electrons. The van der Waals surface area contributed by atoms with E-state index in [0.717, 1.165) is 61.5 Å². The quantitative estimate of drug-likeness (QED) is 0.136. The monoisotopic (exact) mass is 917 g/mol. The molecule has 7 nitrogen and oxygen atoms in total. The third kappa shape index (κ3) is 8.24. The number of rotatable bonds is 10. The van der Waals surface area contributed by atoms with Crippen LogP contribution in [-0.4, -0.2) is 38.6 Å². The van der Waals surface area contributed by atoms with E-state index in [0.29, 0.717) is 23.3 Å². The maximum Gasteiger partial charge on any atom is 0.164 e. The average Bonchev–Trinajstić information content (AvgIpc) is 3.44. The van der Waals surface area contributed by atoms with Crippen molar-refractivity contribution in [1.29, 1.82) is 5.26 Å². The summed E-state index contributed by atoms with van der Waals surface area (Å²) in [5, 5.41) is 11.6. The summed E-state index contributed by atoms with van der Waals surface area (Å²) < 4.78 is 0. The summed E-state index contributed by atoms with van der Waals surface area (Å²) in [5.74, 6) is 2.52. The van der Waals surface area contributed by atoms with Crippen LogP contribution in [0.2, 0.25) is 0 Å². The summed E-state index contributed by atoms with van der Waals surface area (Å²) in [4.78, 5) is 28.8. The number of hydrogen-bond donors (Lipinski definition) is 0. The molecule has 0 saturated heterocycles. The fourth-order valence-electron chi connectivity index (χ4n) is 10.6. The highest BCUT2D eigenvalue weighted by molar-refractivity contribution is 6.09. The third-order valence-corrected chi connectivity index (χ3v) is 14.4. The number of benzene rings is 7. The zero-order chi connectivity index (χ0) is 48.4. The fraction of sp³-hybridized carbons (Fsp3) is 0.125. The summed E-state index contributed by atoms with van der Waals surface area (Å²) >= 11 is 0. The van der Waals surface area contributed by atoms with E-state index in [9.17, 15) is 5.26 Å². The Labute approximate surface area is 416 Å². The van der Waals surface area contributed by atoms with Crippen molar-refractivity contribution in [2.24, 2.45) is 21.8 Å². The van der Waals surface area contributed by atoms with Gasteiger partial charge in [-0.05, 0) is 33.4 Å². The van der Waals surface area contributed by atoms with Crippen molar-refractivity contribution in [3.8, 4) is 51.4 Å². The largest absolute Gasteiger partial charge is 0.337 e. The minimum atomic E-state index is -0.791. The first-order valence-electron chi connectivity index (χ1n) is 24.1. The molecular weight excluding hydrogens is 867 g/mol. The van der Waals surface area contributed by atoms with Crippen LogP contribution in [0, 0.1) is 23.2 Å². The first kappa shape index (κ1) is 44.6. The van der Waals surface area contributed by atoms with Gasteiger partial charge in [0.25, 0.3) is 0 Å². The fourth-order valence-corrected chi connectivity index (χ4v) is 10.6. The van der Waals surface area contributed by atoms with E-state index >= 15 is 0 Å². The lowest BCUT2D eigenvalue weighted by Crippen LogP contribution is -2.46. The topological polar surface area (TPSA) is 90.4 Å². The molecule has 7 aromatic carbocycles. The van der Waals surface area contributed by atoms with E-state index in [1.54, 1.807) is 0 Å². The summed E-state index contributed by atoms with van der Waals surface area (Å²) in [6.07, 6.45) is 14.7. The van der Waals surface area contributed by atoms with Gasteiger partial charge < -0.3 is 4.90 Å². The van der Waals surface area contributed by atoms with Crippen molar-refractivity contribution in [3.63, 3.8) is 0 Å². The maximum absolute atomic E-state index is 11.6. The molecule has 8 aromatic rings. The van der Waals surface area contributed by atoms with Crippen LogP contribution in [0.1, 0.15) is 47.8 Å². The van der Waals surface area contributed by atoms with Crippen molar-refractivity contribution in [2.45, 2.75) is 30.8 Å². The number of allylic oxidation sites excluding steroid dienone is 7. The summed E-state index contributed by atoms with van der Waals surface area (Å²) in [6, 6.07) is 69.0. The van der Waals surface area contributed by atoms with Crippen LogP contribution in [0.3, 0.4) is 0 Å². The maximum atomic E-state index is 11.6. The lowest BCUT2D eigenvalue weighted by Gasteiger charge is -2.44. The van der Waals surface area contributed by atoms with Crippen molar-refractivity contribution in [1.82, 2.24) is 19.9 Å². The van der Waals surface area contributed by atoms with Gasteiger partial charge in [0.15, 0.2) is 29.5 Å². The van der Waals surface area contributed by atoms with E-state index in [2.05, 4.69) is 178 Å². The Hall–Kier alpha value is -8.86. The number of aliphatic imine (C=N–C) groups is 2. The van der Waals surface area contributed by atoms with Crippen LogP contribution in [-0.2, 0) is 10.8 Å². The number of hydrogen-bond acceptors (Lipinski definition) is 7. The molecule has 71 heavy (non-hydrogen) atoms. The lowest BCUT2D eigenvalue weighted by atomic mass is 9.64. The summed E-state index contributed by atoms with van der Waals surface area (Å²) in [7, 11) is 2.11. The SMILES string of the molecule is CN1C(C2C=CC=CC2(C)c2ccccc2)=NC(c2ccccc2)=NC1c1ccccc1C1(C)C=CC=C(c2ccccc2-c2nc(-c3ccccc3)nc(-c3ccccc3-c3ccccc3)n2)C1C#N. The third-order valence-electron chi connectivity index (χ3n) is 14.4.